The van der Waals surface area contributed by atoms with E-state index in [9.17, 15) is 14.9 Å². The highest BCUT2D eigenvalue weighted by atomic mass is 16.6. The van der Waals surface area contributed by atoms with Crippen molar-refractivity contribution in [1.29, 1.82) is 0 Å². The van der Waals surface area contributed by atoms with Gasteiger partial charge in [-0.25, -0.2) is 5.43 Å². The highest BCUT2D eigenvalue weighted by molar-refractivity contribution is 5.95. The molecule has 1 aromatic carbocycles. The molecule has 0 aliphatic heterocycles. The molecule has 0 unspecified atom stereocenters. The van der Waals surface area contributed by atoms with Crippen LogP contribution in [0, 0.1) is 24.0 Å². The quantitative estimate of drug-likeness (QED) is 0.520. The lowest BCUT2D eigenvalue weighted by Gasteiger charge is -1.96. The maximum atomic E-state index is 11.9. The minimum atomic E-state index is -0.456. The Morgan fingerprint density at radius 1 is 1.35 bits per heavy atom. The van der Waals surface area contributed by atoms with E-state index in [2.05, 4.69) is 10.5 Å². The smallest absolute Gasteiger partial charge is 0.276 e. The first-order chi connectivity index (χ1) is 11.0. The normalized spacial score (nSPS) is 11.2. The average molecular weight is 313 g/mol. The van der Waals surface area contributed by atoms with Crippen LogP contribution >= 0.6 is 0 Å². The molecule has 0 aliphatic rings. The van der Waals surface area contributed by atoms with Crippen LogP contribution in [0.3, 0.4) is 0 Å². The van der Waals surface area contributed by atoms with E-state index in [4.69, 9.17) is 4.42 Å². The Hall–Kier alpha value is -3.22. The van der Waals surface area contributed by atoms with Crippen molar-refractivity contribution in [2.24, 2.45) is 5.10 Å². The van der Waals surface area contributed by atoms with Crippen LogP contribution in [0.25, 0.3) is 6.08 Å². The second kappa shape index (κ2) is 7.17. The summed E-state index contributed by atoms with van der Waals surface area (Å²) in [5.74, 6) is 0.785. The molecule has 0 saturated heterocycles. The molecule has 7 nitrogen and oxygen atoms in total. The molecule has 1 heterocycles. The van der Waals surface area contributed by atoms with E-state index in [0.717, 1.165) is 0 Å². The van der Waals surface area contributed by atoms with Crippen molar-refractivity contribution in [2.75, 3.05) is 0 Å². The summed E-state index contributed by atoms with van der Waals surface area (Å²) in [5, 5.41) is 14.6. The Balaban J connectivity index is 1.98. The van der Waals surface area contributed by atoms with Crippen molar-refractivity contribution in [3.8, 4) is 0 Å². The van der Waals surface area contributed by atoms with Crippen LogP contribution in [0.4, 0.5) is 5.69 Å². The number of allylic oxidation sites excluding steroid dienone is 1. The van der Waals surface area contributed by atoms with E-state index < -0.39 is 4.92 Å². The summed E-state index contributed by atoms with van der Waals surface area (Å²) in [5.41, 5.74) is 3.24. The monoisotopic (exact) mass is 313 g/mol. The Bertz CT molecular complexity index is 790. The summed E-state index contributed by atoms with van der Waals surface area (Å²) >= 11 is 0. The van der Waals surface area contributed by atoms with Gasteiger partial charge in [-0.1, -0.05) is 12.1 Å². The molecule has 0 spiro atoms. The van der Waals surface area contributed by atoms with Crippen molar-refractivity contribution in [1.82, 2.24) is 5.43 Å². The summed E-state index contributed by atoms with van der Waals surface area (Å²) in [6.07, 6.45) is 4.40. The molecule has 1 aromatic heterocycles. The lowest BCUT2D eigenvalue weighted by Crippen LogP contribution is -2.17. The number of carbonyl (C=O) groups is 1. The molecule has 2 aromatic rings. The van der Waals surface area contributed by atoms with Gasteiger partial charge in [-0.3, -0.25) is 14.9 Å². The second-order valence-electron chi connectivity index (χ2n) is 4.72. The van der Waals surface area contributed by atoms with Crippen LogP contribution in [-0.2, 0) is 0 Å². The minimum Gasteiger partial charge on any atom is -0.466 e. The van der Waals surface area contributed by atoms with Crippen LogP contribution < -0.4 is 5.43 Å². The van der Waals surface area contributed by atoms with Gasteiger partial charge in [0.1, 0.15) is 11.5 Å². The Morgan fingerprint density at radius 2 is 2.09 bits per heavy atom. The fourth-order valence-electron chi connectivity index (χ4n) is 2.00. The number of carbonyl (C=O) groups excluding carboxylic acids is 1. The number of hydrogen-bond donors (Lipinski definition) is 1. The number of aryl methyl sites for hydroxylation is 2. The number of amides is 1. The summed E-state index contributed by atoms with van der Waals surface area (Å²) < 4.78 is 5.27. The van der Waals surface area contributed by atoms with Crippen LogP contribution in [-0.4, -0.2) is 17.0 Å². The lowest BCUT2D eigenvalue weighted by atomic mass is 10.2. The van der Waals surface area contributed by atoms with Gasteiger partial charge in [0, 0.05) is 12.3 Å². The van der Waals surface area contributed by atoms with Crippen molar-refractivity contribution < 1.29 is 14.1 Å². The molecule has 7 heteroatoms. The SMILES string of the molecule is Cc1cc(C(=O)NN=CC=Cc2ccccc2[N+](=O)[O-])c(C)o1. The summed E-state index contributed by atoms with van der Waals surface area (Å²) in [4.78, 5) is 22.3. The molecule has 2 rings (SSSR count). The number of nitrogens with one attached hydrogen (secondary N) is 1. The number of hydrazone groups is 1. The summed E-state index contributed by atoms with van der Waals surface area (Å²) in [7, 11) is 0. The van der Waals surface area contributed by atoms with Gasteiger partial charge >= 0.3 is 0 Å². The third-order valence-corrected chi connectivity index (χ3v) is 3.02. The maximum absolute atomic E-state index is 11.9. The highest BCUT2D eigenvalue weighted by Crippen LogP contribution is 2.18. The molecular formula is C16H15N3O4. The third-order valence-electron chi connectivity index (χ3n) is 3.02. The molecule has 0 atom stereocenters. The molecular weight excluding hydrogens is 298 g/mol. The molecule has 1 N–H and O–H groups in total. The zero-order valence-corrected chi connectivity index (χ0v) is 12.6. The molecule has 0 aliphatic carbocycles. The van der Waals surface area contributed by atoms with Crippen molar-refractivity contribution in [3.63, 3.8) is 0 Å². The number of nitro benzene ring substituents is 1. The molecule has 0 saturated carbocycles. The van der Waals surface area contributed by atoms with E-state index in [1.165, 1.54) is 18.4 Å². The number of para-hydroxylation sites is 1. The molecule has 23 heavy (non-hydrogen) atoms. The lowest BCUT2D eigenvalue weighted by molar-refractivity contribution is -0.385. The fourth-order valence-corrected chi connectivity index (χ4v) is 2.00. The number of nitro groups is 1. The zero-order chi connectivity index (χ0) is 16.8. The standard InChI is InChI=1S/C16H15N3O4/c1-11-10-14(12(2)23-11)16(20)18-17-9-5-7-13-6-3-4-8-15(13)19(21)22/h3-10H,1-2H3,(H,18,20). The van der Waals surface area contributed by atoms with Gasteiger partial charge in [0.15, 0.2) is 0 Å². The minimum absolute atomic E-state index is 0.00526. The van der Waals surface area contributed by atoms with E-state index in [1.54, 1.807) is 44.2 Å². The first-order valence-electron chi connectivity index (χ1n) is 6.79. The number of benzene rings is 1. The Kier molecular flexibility index (Phi) is 5.03. The Labute approximate surface area is 132 Å². The van der Waals surface area contributed by atoms with E-state index in [1.807, 2.05) is 0 Å². The summed E-state index contributed by atoms with van der Waals surface area (Å²) in [6, 6.07) is 7.97. The fraction of sp³-hybridized carbons (Fsp3) is 0.125. The van der Waals surface area contributed by atoms with Gasteiger partial charge in [0.25, 0.3) is 11.6 Å². The predicted octanol–water partition coefficient (Wildman–Crippen LogP) is 3.23. The number of furan rings is 1. The predicted molar refractivity (Wildman–Crippen MR) is 86.3 cm³/mol. The van der Waals surface area contributed by atoms with Crippen LogP contribution in [0.15, 0.2) is 45.9 Å². The number of nitrogens with zero attached hydrogens (tertiary/aromatic N) is 2. The Morgan fingerprint density at radius 3 is 2.74 bits per heavy atom. The summed E-state index contributed by atoms with van der Waals surface area (Å²) in [6.45, 7) is 3.45. The van der Waals surface area contributed by atoms with Crippen LogP contribution in [0.1, 0.15) is 27.4 Å². The maximum Gasteiger partial charge on any atom is 0.276 e. The van der Waals surface area contributed by atoms with Crippen LogP contribution in [0.5, 0.6) is 0 Å². The zero-order valence-electron chi connectivity index (χ0n) is 12.6. The molecule has 1 amide bonds. The van der Waals surface area contributed by atoms with Crippen molar-refractivity contribution in [3.05, 3.63) is 69.2 Å². The molecule has 0 bridgehead atoms. The molecule has 0 radical (unpaired) electrons. The number of hydrogen-bond acceptors (Lipinski definition) is 5. The van der Waals surface area contributed by atoms with Gasteiger partial charge in [0.05, 0.1) is 16.1 Å². The van der Waals surface area contributed by atoms with Gasteiger partial charge < -0.3 is 4.42 Å². The van der Waals surface area contributed by atoms with Gasteiger partial charge in [-0.05, 0) is 38.1 Å². The van der Waals surface area contributed by atoms with Crippen LogP contribution in [0.2, 0.25) is 0 Å². The molecule has 0 fully saturated rings. The highest BCUT2D eigenvalue weighted by Gasteiger charge is 2.12. The van der Waals surface area contributed by atoms with E-state index in [0.29, 0.717) is 22.6 Å². The van der Waals surface area contributed by atoms with Crippen molar-refractivity contribution in [2.45, 2.75) is 13.8 Å². The largest absolute Gasteiger partial charge is 0.466 e. The topological polar surface area (TPSA) is 97.7 Å². The first kappa shape index (κ1) is 16.2. The molecule has 118 valence electrons. The van der Waals surface area contributed by atoms with Gasteiger partial charge in [-0.2, -0.15) is 5.10 Å². The third kappa shape index (κ3) is 4.13. The first-order valence-corrected chi connectivity index (χ1v) is 6.79. The van der Waals surface area contributed by atoms with E-state index >= 15 is 0 Å². The number of rotatable bonds is 5. The average Bonchev–Trinajstić information content (AvgIpc) is 2.85. The van der Waals surface area contributed by atoms with Gasteiger partial charge in [-0.15, -0.1) is 0 Å². The second-order valence-corrected chi connectivity index (χ2v) is 4.72. The van der Waals surface area contributed by atoms with Crippen molar-refractivity contribution >= 4 is 23.9 Å². The van der Waals surface area contributed by atoms with Gasteiger partial charge in [0.2, 0.25) is 0 Å². The van der Waals surface area contributed by atoms with E-state index in [-0.39, 0.29) is 11.6 Å².